The summed E-state index contributed by atoms with van der Waals surface area (Å²) in [4.78, 5) is 19.4. The highest BCUT2D eigenvalue weighted by atomic mass is 16.5. The number of carbonyl (C=O) groups is 1. The number of ether oxygens (including phenoxy) is 1. The number of nitrogens with one attached hydrogen (secondary N) is 1. The van der Waals surface area contributed by atoms with Crippen molar-refractivity contribution < 1.29 is 9.53 Å². The molecular weight excluding hydrogens is 328 g/mol. The number of nitrogens with zero attached hydrogens (tertiary/aromatic N) is 3. The van der Waals surface area contributed by atoms with E-state index in [0.29, 0.717) is 12.6 Å². The first-order valence-electron chi connectivity index (χ1n) is 9.88. The van der Waals surface area contributed by atoms with Gasteiger partial charge in [0.05, 0.1) is 13.2 Å². The molecule has 0 bridgehead atoms. The minimum absolute atomic E-state index is 0.285. The number of rotatable bonds is 4. The maximum atomic E-state index is 12.6. The summed E-state index contributed by atoms with van der Waals surface area (Å²) >= 11 is 0. The van der Waals surface area contributed by atoms with Gasteiger partial charge in [-0.3, -0.25) is 14.6 Å². The lowest BCUT2D eigenvalue weighted by Gasteiger charge is -2.38. The highest BCUT2D eigenvalue weighted by Crippen LogP contribution is 2.26. The molecule has 0 aliphatic carbocycles. The van der Waals surface area contributed by atoms with Gasteiger partial charge in [0.15, 0.2) is 0 Å². The van der Waals surface area contributed by atoms with Gasteiger partial charge in [-0.1, -0.05) is 12.1 Å². The van der Waals surface area contributed by atoms with Crippen molar-refractivity contribution in [3.63, 3.8) is 0 Å². The number of benzene rings is 1. The summed E-state index contributed by atoms with van der Waals surface area (Å²) in [6.45, 7) is 11.1. The van der Waals surface area contributed by atoms with Crippen LogP contribution >= 0.6 is 0 Å². The maximum absolute atomic E-state index is 12.6. The molecule has 1 aromatic carbocycles. The van der Waals surface area contributed by atoms with Crippen LogP contribution in [0.1, 0.15) is 18.1 Å². The van der Waals surface area contributed by atoms with E-state index in [4.69, 9.17) is 4.74 Å². The van der Waals surface area contributed by atoms with Crippen LogP contribution in [0.15, 0.2) is 18.2 Å². The molecule has 2 saturated heterocycles. The molecule has 0 unspecified atom stereocenters. The lowest BCUT2D eigenvalue weighted by molar-refractivity contribution is -0.135. The topological polar surface area (TPSA) is 48.1 Å². The minimum Gasteiger partial charge on any atom is -0.493 e. The maximum Gasteiger partial charge on any atom is 0.236 e. The van der Waals surface area contributed by atoms with Crippen LogP contribution in [0.2, 0.25) is 0 Å². The smallest absolute Gasteiger partial charge is 0.236 e. The van der Waals surface area contributed by atoms with Crippen LogP contribution in [-0.4, -0.2) is 85.6 Å². The van der Waals surface area contributed by atoms with Gasteiger partial charge >= 0.3 is 0 Å². The van der Waals surface area contributed by atoms with Crippen molar-refractivity contribution in [3.8, 4) is 5.75 Å². The Balaban J connectivity index is 1.25. The zero-order valence-electron chi connectivity index (χ0n) is 15.7. The summed E-state index contributed by atoms with van der Waals surface area (Å²) in [6.07, 6.45) is 1.02. The zero-order valence-corrected chi connectivity index (χ0v) is 15.7. The van der Waals surface area contributed by atoms with Gasteiger partial charge in [0.25, 0.3) is 0 Å². The third-order valence-corrected chi connectivity index (χ3v) is 5.86. The fraction of sp³-hybridized carbons (Fsp3) is 0.650. The first-order chi connectivity index (χ1) is 12.7. The monoisotopic (exact) mass is 358 g/mol. The Bertz CT molecular complexity index is 643. The Kier molecular flexibility index (Phi) is 5.43. The molecular formula is C20H30N4O2. The first kappa shape index (κ1) is 17.8. The van der Waals surface area contributed by atoms with Crippen molar-refractivity contribution in [1.29, 1.82) is 0 Å². The molecule has 1 amide bonds. The van der Waals surface area contributed by atoms with Gasteiger partial charge in [-0.2, -0.15) is 0 Å². The summed E-state index contributed by atoms with van der Waals surface area (Å²) in [7, 11) is 0. The van der Waals surface area contributed by atoms with E-state index >= 15 is 0 Å². The summed E-state index contributed by atoms with van der Waals surface area (Å²) < 4.78 is 5.59. The molecule has 3 heterocycles. The van der Waals surface area contributed by atoms with Crippen molar-refractivity contribution in [3.05, 3.63) is 29.3 Å². The average molecular weight is 358 g/mol. The van der Waals surface area contributed by atoms with Crippen LogP contribution < -0.4 is 10.1 Å². The predicted octanol–water partition coefficient (Wildman–Crippen LogP) is 0.559. The molecule has 26 heavy (non-hydrogen) atoms. The van der Waals surface area contributed by atoms with E-state index in [9.17, 15) is 4.79 Å². The molecule has 4 rings (SSSR count). The second kappa shape index (κ2) is 7.94. The Morgan fingerprint density at radius 2 is 2.08 bits per heavy atom. The van der Waals surface area contributed by atoms with Gasteiger partial charge in [0.1, 0.15) is 5.75 Å². The van der Waals surface area contributed by atoms with Gasteiger partial charge in [-0.25, -0.2) is 0 Å². The molecule has 1 aromatic rings. The van der Waals surface area contributed by atoms with Crippen LogP contribution in [0.25, 0.3) is 0 Å². The molecule has 0 aromatic heterocycles. The van der Waals surface area contributed by atoms with Gasteiger partial charge in [0, 0.05) is 64.8 Å². The molecule has 1 atom stereocenters. The number of piperazine rings is 2. The van der Waals surface area contributed by atoms with Crippen LogP contribution in [0, 0.1) is 0 Å². The van der Waals surface area contributed by atoms with Crippen molar-refractivity contribution in [2.24, 2.45) is 0 Å². The second-order valence-electron chi connectivity index (χ2n) is 7.72. The molecule has 0 radical (unpaired) electrons. The average Bonchev–Trinajstić information content (AvgIpc) is 3.12. The lowest BCUT2D eigenvalue weighted by Crippen LogP contribution is -2.55. The van der Waals surface area contributed by atoms with Crippen LogP contribution in [-0.2, 0) is 17.8 Å². The third kappa shape index (κ3) is 4.03. The minimum atomic E-state index is 0.285. The standard InChI is InChI=1S/C20H30N4O2/c1-16-13-21-5-6-24(16)15-20(25)23-9-7-22(8-10-23)14-17-2-3-19-18(12-17)4-11-26-19/h2-3,12,16,21H,4-11,13-15H2,1H3/t16-/m0/s1. The molecule has 2 fully saturated rings. The van der Waals surface area contributed by atoms with Gasteiger partial charge < -0.3 is 15.0 Å². The second-order valence-corrected chi connectivity index (χ2v) is 7.72. The Labute approximate surface area is 156 Å². The summed E-state index contributed by atoms with van der Waals surface area (Å²) in [5.74, 6) is 1.33. The van der Waals surface area contributed by atoms with Crippen LogP contribution in [0.5, 0.6) is 5.75 Å². The van der Waals surface area contributed by atoms with E-state index < -0.39 is 0 Å². The Morgan fingerprint density at radius 1 is 1.23 bits per heavy atom. The summed E-state index contributed by atoms with van der Waals surface area (Å²) in [5, 5.41) is 3.38. The number of fused-ring (bicyclic) bond motifs is 1. The SMILES string of the molecule is C[C@H]1CNCCN1CC(=O)N1CCN(Cc2ccc3c(c2)CCO3)CC1. The predicted molar refractivity (Wildman–Crippen MR) is 101 cm³/mol. The number of hydrogen-bond acceptors (Lipinski definition) is 5. The van der Waals surface area contributed by atoms with Gasteiger partial charge in [-0.05, 0) is 24.1 Å². The molecule has 1 N–H and O–H groups in total. The Morgan fingerprint density at radius 3 is 2.88 bits per heavy atom. The van der Waals surface area contributed by atoms with E-state index in [1.807, 2.05) is 4.90 Å². The molecule has 3 aliphatic heterocycles. The Hall–Kier alpha value is -1.63. The number of carbonyl (C=O) groups excluding carboxylic acids is 1. The van der Waals surface area contributed by atoms with E-state index in [0.717, 1.165) is 71.1 Å². The van der Waals surface area contributed by atoms with Crippen molar-refractivity contribution in [2.75, 3.05) is 59.0 Å². The van der Waals surface area contributed by atoms with Crippen molar-refractivity contribution in [1.82, 2.24) is 20.0 Å². The summed E-state index contributed by atoms with van der Waals surface area (Å²) in [6, 6.07) is 7.00. The van der Waals surface area contributed by atoms with E-state index in [1.54, 1.807) is 0 Å². The third-order valence-electron chi connectivity index (χ3n) is 5.86. The first-order valence-corrected chi connectivity index (χ1v) is 9.88. The fourth-order valence-electron chi connectivity index (χ4n) is 4.14. The number of hydrogen-bond donors (Lipinski definition) is 1. The van der Waals surface area contributed by atoms with Crippen LogP contribution in [0.3, 0.4) is 0 Å². The lowest BCUT2D eigenvalue weighted by atomic mass is 10.1. The zero-order chi connectivity index (χ0) is 17.9. The van der Waals surface area contributed by atoms with Crippen molar-refractivity contribution in [2.45, 2.75) is 25.9 Å². The van der Waals surface area contributed by atoms with Gasteiger partial charge in [0.2, 0.25) is 5.91 Å². The quantitative estimate of drug-likeness (QED) is 0.852. The summed E-state index contributed by atoms with van der Waals surface area (Å²) in [5.41, 5.74) is 2.69. The van der Waals surface area contributed by atoms with E-state index in [2.05, 4.69) is 40.2 Å². The molecule has 0 saturated carbocycles. The van der Waals surface area contributed by atoms with Gasteiger partial charge in [-0.15, -0.1) is 0 Å². The number of amides is 1. The largest absolute Gasteiger partial charge is 0.493 e. The molecule has 6 heteroatoms. The van der Waals surface area contributed by atoms with E-state index in [-0.39, 0.29) is 5.91 Å². The molecule has 0 spiro atoms. The van der Waals surface area contributed by atoms with Crippen LogP contribution in [0.4, 0.5) is 0 Å². The van der Waals surface area contributed by atoms with Crippen molar-refractivity contribution >= 4 is 5.91 Å². The highest BCUT2D eigenvalue weighted by molar-refractivity contribution is 5.78. The van der Waals surface area contributed by atoms with E-state index in [1.165, 1.54) is 11.1 Å². The molecule has 6 nitrogen and oxygen atoms in total. The fourth-order valence-corrected chi connectivity index (χ4v) is 4.14. The normalized spacial score (nSPS) is 24.3. The molecule has 3 aliphatic rings. The molecule has 142 valence electrons. The highest BCUT2D eigenvalue weighted by Gasteiger charge is 2.26.